The van der Waals surface area contributed by atoms with Crippen LogP contribution in [0.5, 0.6) is 5.75 Å². The summed E-state index contributed by atoms with van der Waals surface area (Å²) in [5.74, 6) is -3.06. The molecule has 2 aromatic rings. The zero-order chi connectivity index (χ0) is 24.0. The fourth-order valence-corrected chi connectivity index (χ4v) is 3.68. The molecule has 1 aliphatic carbocycles. The van der Waals surface area contributed by atoms with Crippen LogP contribution in [0.4, 0.5) is 27.6 Å². The second-order valence-corrected chi connectivity index (χ2v) is 8.72. The van der Waals surface area contributed by atoms with E-state index in [1.54, 1.807) is 13.8 Å². The van der Waals surface area contributed by atoms with Crippen LogP contribution >= 0.6 is 0 Å². The highest BCUT2D eigenvalue weighted by atomic mass is 19.4. The SMILES string of the molecule is Cc1nc([C@](C)(CC2CC2)NC(=O)c2cc(OCC(F)(F)F)c(N3CC(F)(F)C3)cn2)no1. The number of aromatic nitrogens is 3. The fourth-order valence-electron chi connectivity index (χ4n) is 3.68. The molecule has 0 aromatic carbocycles. The third-order valence-corrected chi connectivity index (χ3v) is 5.46. The third kappa shape index (κ3) is 5.50. The minimum Gasteiger partial charge on any atom is -0.482 e. The summed E-state index contributed by atoms with van der Waals surface area (Å²) in [5.41, 5.74) is -1.27. The predicted octanol–water partition coefficient (Wildman–Crippen LogP) is 3.61. The van der Waals surface area contributed by atoms with Gasteiger partial charge in [0.1, 0.15) is 17.0 Å². The van der Waals surface area contributed by atoms with Crippen molar-refractivity contribution in [2.24, 2.45) is 5.92 Å². The first kappa shape index (κ1) is 23.2. The molecule has 8 nitrogen and oxygen atoms in total. The lowest BCUT2D eigenvalue weighted by Crippen LogP contribution is -2.56. The lowest BCUT2D eigenvalue weighted by Gasteiger charge is -2.40. The van der Waals surface area contributed by atoms with Gasteiger partial charge < -0.3 is 19.5 Å². The first-order valence-corrected chi connectivity index (χ1v) is 10.3. The maximum absolute atomic E-state index is 13.3. The van der Waals surface area contributed by atoms with Crippen molar-refractivity contribution >= 4 is 11.6 Å². The number of pyridine rings is 1. The minimum atomic E-state index is -4.65. The van der Waals surface area contributed by atoms with E-state index < -0.39 is 43.2 Å². The van der Waals surface area contributed by atoms with Crippen LogP contribution in [0, 0.1) is 12.8 Å². The van der Waals surface area contributed by atoms with Crippen LogP contribution in [0.1, 0.15) is 48.4 Å². The molecule has 1 saturated carbocycles. The molecule has 2 aromatic heterocycles. The van der Waals surface area contributed by atoms with E-state index in [0.717, 1.165) is 30.0 Å². The van der Waals surface area contributed by atoms with Crippen LogP contribution in [-0.2, 0) is 5.54 Å². The number of aryl methyl sites for hydroxylation is 1. The molecule has 0 bridgehead atoms. The van der Waals surface area contributed by atoms with E-state index in [9.17, 15) is 26.7 Å². The highest BCUT2D eigenvalue weighted by Gasteiger charge is 2.45. The van der Waals surface area contributed by atoms with Gasteiger partial charge in [0.2, 0.25) is 5.89 Å². The number of nitrogens with zero attached hydrogens (tertiary/aromatic N) is 4. The van der Waals surface area contributed by atoms with Gasteiger partial charge in [0, 0.05) is 13.0 Å². The highest BCUT2D eigenvalue weighted by Crippen LogP contribution is 2.41. The molecule has 1 aliphatic heterocycles. The summed E-state index contributed by atoms with van der Waals surface area (Å²) in [4.78, 5) is 22.3. The van der Waals surface area contributed by atoms with Gasteiger partial charge in [-0.2, -0.15) is 18.2 Å². The van der Waals surface area contributed by atoms with Gasteiger partial charge in [-0.25, -0.2) is 13.8 Å². The topological polar surface area (TPSA) is 93.4 Å². The monoisotopic (exact) mass is 475 g/mol. The lowest BCUT2D eigenvalue weighted by atomic mass is 9.93. The number of halogens is 5. The number of ether oxygens (including phenoxy) is 1. The summed E-state index contributed by atoms with van der Waals surface area (Å²) < 4.78 is 74.6. The van der Waals surface area contributed by atoms with E-state index in [1.807, 2.05) is 0 Å². The Morgan fingerprint density at radius 3 is 2.58 bits per heavy atom. The molecule has 13 heteroatoms. The van der Waals surface area contributed by atoms with Crippen molar-refractivity contribution in [2.45, 2.75) is 50.7 Å². The van der Waals surface area contributed by atoms with E-state index in [4.69, 9.17) is 9.26 Å². The Balaban J connectivity index is 1.58. The molecule has 1 atom stereocenters. The van der Waals surface area contributed by atoms with Crippen LogP contribution < -0.4 is 15.0 Å². The second-order valence-electron chi connectivity index (χ2n) is 8.72. The summed E-state index contributed by atoms with van der Waals surface area (Å²) in [6.07, 6.45) is -1.07. The number of anilines is 1. The summed E-state index contributed by atoms with van der Waals surface area (Å²) in [6.45, 7) is 0.333. The van der Waals surface area contributed by atoms with Crippen molar-refractivity contribution in [3.05, 3.63) is 29.7 Å². The zero-order valence-corrected chi connectivity index (χ0v) is 17.9. The number of carbonyl (C=O) groups is 1. The smallest absolute Gasteiger partial charge is 0.422 e. The Kier molecular flexibility index (Phi) is 5.69. The summed E-state index contributed by atoms with van der Waals surface area (Å²) >= 11 is 0. The summed E-state index contributed by atoms with van der Waals surface area (Å²) in [6, 6.07) is 1.02. The molecule has 0 radical (unpaired) electrons. The van der Waals surface area contributed by atoms with Gasteiger partial charge in [0.25, 0.3) is 11.8 Å². The molecular formula is C20H22F5N5O3. The predicted molar refractivity (Wildman–Crippen MR) is 104 cm³/mol. The second kappa shape index (κ2) is 8.10. The number of alkyl halides is 5. The van der Waals surface area contributed by atoms with Gasteiger partial charge in [-0.3, -0.25) is 4.79 Å². The van der Waals surface area contributed by atoms with Crippen LogP contribution in [0.3, 0.4) is 0 Å². The molecule has 1 saturated heterocycles. The Labute approximate surface area is 185 Å². The largest absolute Gasteiger partial charge is 0.482 e. The van der Waals surface area contributed by atoms with Crippen molar-refractivity contribution in [3.8, 4) is 5.75 Å². The van der Waals surface area contributed by atoms with E-state index in [2.05, 4.69) is 20.4 Å². The Bertz CT molecular complexity index is 1030. The molecule has 33 heavy (non-hydrogen) atoms. The molecule has 180 valence electrons. The molecule has 2 aliphatic rings. The van der Waals surface area contributed by atoms with Crippen LogP contribution in [0.2, 0.25) is 0 Å². The average Bonchev–Trinajstić information content (AvgIpc) is 3.39. The molecule has 2 fully saturated rings. The maximum atomic E-state index is 13.3. The summed E-state index contributed by atoms with van der Waals surface area (Å²) in [7, 11) is 0. The third-order valence-electron chi connectivity index (χ3n) is 5.46. The highest BCUT2D eigenvalue weighted by molar-refractivity contribution is 5.93. The van der Waals surface area contributed by atoms with Crippen LogP contribution in [0.25, 0.3) is 0 Å². The van der Waals surface area contributed by atoms with Crippen LogP contribution in [-0.4, -0.2) is 52.8 Å². The molecule has 0 spiro atoms. The van der Waals surface area contributed by atoms with Gasteiger partial charge >= 0.3 is 6.18 Å². The van der Waals surface area contributed by atoms with E-state index >= 15 is 0 Å². The van der Waals surface area contributed by atoms with Crippen molar-refractivity contribution < 1.29 is 36.0 Å². The van der Waals surface area contributed by atoms with E-state index in [0.29, 0.717) is 18.2 Å². The maximum Gasteiger partial charge on any atom is 0.422 e. The number of hydrogen-bond donors (Lipinski definition) is 1. The molecule has 1 amide bonds. The van der Waals surface area contributed by atoms with Crippen molar-refractivity contribution in [1.29, 1.82) is 0 Å². The molecular weight excluding hydrogens is 453 g/mol. The summed E-state index contributed by atoms with van der Waals surface area (Å²) in [5, 5.41) is 6.71. The van der Waals surface area contributed by atoms with E-state index in [-0.39, 0.29) is 23.0 Å². The quantitative estimate of drug-likeness (QED) is 0.583. The molecule has 1 N–H and O–H groups in total. The Morgan fingerprint density at radius 1 is 1.33 bits per heavy atom. The Morgan fingerprint density at radius 2 is 2.03 bits per heavy atom. The Hall–Kier alpha value is -2.99. The van der Waals surface area contributed by atoms with Crippen molar-refractivity contribution in [1.82, 2.24) is 20.4 Å². The first-order valence-electron chi connectivity index (χ1n) is 10.3. The first-order chi connectivity index (χ1) is 15.3. The van der Waals surface area contributed by atoms with E-state index in [1.165, 1.54) is 0 Å². The number of hydrogen-bond acceptors (Lipinski definition) is 7. The van der Waals surface area contributed by atoms with Crippen molar-refractivity contribution in [2.75, 3.05) is 24.6 Å². The normalized spacial score (nSPS) is 19.5. The van der Waals surface area contributed by atoms with Gasteiger partial charge in [0.05, 0.1) is 25.0 Å². The van der Waals surface area contributed by atoms with Gasteiger partial charge in [0.15, 0.2) is 12.4 Å². The fraction of sp³-hybridized carbons (Fsp3) is 0.600. The zero-order valence-electron chi connectivity index (χ0n) is 17.9. The van der Waals surface area contributed by atoms with Gasteiger partial charge in [-0.05, 0) is 19.3 Å². The average molecular weight is 475 g/mol. The van der Waals surface area contributed by atoms with Gasteiger partial charge in [-0.1, -0.05) is 18.0 Å². The van der Waals surface area contributed by atoms with Crippen LogP contribution in [0.15, 0.2) is 16.8 Å². The number of nitrogens with one attached hydrogen (secondary N) is 1. The molecule has 3 heterocycles. The number of rotatable bonds is 8. The standard InChI is InChI=1S/C20H22F5N5O3/c1-11-27-17(29-33-11)18(2,6-12-3-4-12)28-16(31)13-5-15(32-10-20(23,24)25)14(7-26-13)30-8-19(21,22)9-30/h5,7,12H,3-4,6,8-10H2,1-2H3,(H,28,31)/t18-/m0/s1. The molecule has 4 rings (SSSR count). The van der Waals surface area contributed by atoms with Gasteiger partial charge in [-0.15, -0.1) is 0 Å². The van der Waals surface area contributed by atoms with Crippen molar-refractivity contribution in [3.63, 3.8) is 0 Å². The minimum absolute atomic E-state index is 0.0451. The molecule has 0 unspecified atom stereocenters. The number of amides is 1. The number of carbonyl (C=O) groups excluding carboxylic acids is 1. The lowest BCUT2D eigenvalue weighted by molar-refractivity contribution is -0.153.